The average molecular weight is 338 g/mol. The van der Waals surface area contributed by atoms with Crippen LogP contribution in [-0.2, 0) is 10.0 Å². The average Bonchev–Trinajstić information content (AvgIpc) is 2.86. The van der Waals surface area contributed by atoms with Crippen molar-refractivity contribution in [3.05, 3.63) is 46.7 Å². The van der Waals surface area contributed by atoms with Crippen molar-refractivity contribution >= 4 is 33.1 Å². The fourth-order valence-corrected chi connectivity index (χ4v) is 3.04. The van der Waals surface area contributed by atoms with Crippen LogP contribution in [0.1, 0.15) is 11.4 Å². The molecule has 7 nitrogen and oxygen atoms in total. The second kappa shape index (κ2) is 5.22. The Balaban J connectivity index is 2.02. The molecule has 22 heavy (non-hydrogen) atoms. The molecule has 0 saturated heterocycles. The van der Waals surface area contributed by atoms with E-state index in [1.165, 1.54) is 4.52 Å². The first-order valence-electron chi connectivity index (χ1n) is 6.34. The van der Waals surface area contributed by atoms with Crippen molar-refractivity contribution in [2.75, 3.05) is 4.72 Å². The largest absolute Gasteiger partial charge is 0.299 e. The number of hydrogen-bond donors (Lipinski definition) is 1. The zero-order chi connectivity index (χ0) is 15.9. The number of halogens is 1. The maximum absolute atomic E-state index is 12.3. The van der Waals surface area contributed by atoms with Crippen molar-refractivity contribution < 1.29 is 8.42 Å². The van der Waals surface area contributed by atoms with Crippen LogP contribution in [0.25, 0.3) is 5.78 Å². The molecule has 0 aliphatic rings. The number of aromatic nitrogens is 4. The molecule has 2 aromatic heterocycles. The van der Waals surface area contributed by atoms with Gasteiger partial charge in [0.25, 0.3) is 21.0 Å². The van der Waals surface area contributed by atoms with E-state index in [4.69, 9.17) is 11.6 Å². The van der Waals surface area contributed by atoms with Gasteiger partial charge in [0.1, 0.15) is 0 Å². The van der Waals surface area contributed by atoms with Crippen LogP contribution in [0.4, 0.5) is 5.69 Å². The first kappa shape index (κ1) is 14.7. The van der Waals surface area contributed by atoms with Crippen molar-refractivity contribution in [3.8, 4) is 0 Å². The van der Waals surface area contributed by atoms with Gasteiger partial charge in [0, 0.05) is 22.1 Å². The molecule has 0 amide bonds. The molecule has 0 saturated carbocycles. The smallest absolute Gasteiger partial charge is 0.277 e. The highest BCUT2D eigenvalue weighted by molar-refractivity contribution is 7.92. The third kappa shape index (κ3) is 2.75. The maximum Gasteiger partial charge on any atom is 0.299 e. The molecule has 0 spiro atoms. The SMILES string of the molecule is Cc1cc(C)n2nc(S(=O)(=O)Nc3ccc(Cl)cc3)nc2n1. The van der Waals surface area contributed by atoms with Crippen LogP contribution in [-0.4, -0.2) is 28.0 Å². The van der Waals surface area contributed by atoms with E-state index in [1.54, 1.807) is 37.3 Å². The molecule has 0 aliphatic heterocycles. The fraction of sp³-hybridized carbons (Fsp3) is 0.154. The highest BCUT2D eigenvalue weighted by atomic mass is 35.5. The van der Waals surface area contributed by atoms with E-state index in [2.05, 4.69) is 19.8 Å². The molecule has 3 aromatic rings. The number of anilines is 1. The van der Waals surface area contributed by atoms with Gasteiger partial charge in [-0.3, -0.25) is 4.72 Å². The predicted molar refractivity (Wildman–Crippen MR) is 82.5 cm³/mol. The minimum absolute atomic E-state index is 0.244. The monoisotopic (exact) mass is 337 g/mol. The zero-order valence-electron chi connectivity index (χ0n) is 11.8. The summed E-state index contributed by atoms with van der Waals surface area (Å²) in [5.74, 6) is 0.244. The summed E-state index contributed by atoms with van der Waals surface area (Å²) in [5.41, 5.74) is 1.87. The summed E-state index contributed by atoms with van der Waals surface area (Å²) < 4.78 is 28.5. The topological polar surface area (TPSA) is 89.3 Å². The second-order valence-corrected chi connectivity index (χ2v) is 6.77. The van der Waals surface area contributed by atoms with Gasteiger partial charge in [0.05, 0.1) is 0 Å². The highest BCUT2D eigenvalue weighted by Crippen LogP contribution is 2.17. The lowest BCUT2D eigenvalue weighted by atomic mass is 10.3. The van der Waals surface area contributed by atoms with Crippen LogP contribution >= 0.6 is 11.6 Å². The van der Waals surface area contributed by atoms with Gasteiger partial charge in [-0.05, 0) is 44.2 Å². The Morgan fingerprint density at radius 3 is 2.50 bits per heavy atom. The van der Waals surface area contributed by atoms with E-state index >= 15 is 0 Å². The summed E-state index contributed by atoms with van der Waals surface area (Å²) in [6, 6.07) is 8.09. The summed E-state index contributed by atoms with van der Waals surface area (Å²) in [6.07, 6.45) is 0. The Kier molecular flexibility index (Phi) is 3.50. The van der Waals surface area contributed by atoms with Crippen LogP contribution in [0.3, 0.4) is 0 Å². The van der Waals surface area contributed by atoms with E-state index in [1.807, 2.05) is 6.92 Å². The maximum atomic E-state index is 12.3. The molecule has 2 heterocycles. The molecule has 3 rings (SSSR count). The molecule has 114 valence electrons. The molecule has 9 heteroatoms. The van der Waals surface area contributed by atoms with Gasteiger partial charge in [0.15, 0.2) is 0 Å². The summed E-state index contributed by atoms with van der Waals surface area (Å²) in [7, 11) is -3.89. The van der Waals surface area contributed by atoms with Crippen LogP contribution in [0.2, 0.25) is 5.02 Å². The Bertz CT molecular complexity index is 950. The number of nitrogens with one attached hydrogen (secondary N) is 1. The summed E-state index contributed by atoms with van der Waals surface area (Å²) in [4.78, 5) is 8.15. The Labute approximate surface area is 132 Å². The lowest BCUT2D eigenvalue weighted by Gasteiger charge is -2.04. The fourth-order valence-electron chi connectivity index (χ4n) is 1.98. The van der Waals surface area contributed by atoms with Crippen molar-refractivity contribution in [3.63, 3.8) is 0 Å². The summed E-state index contributed by atoms with van der Waals surface area (Å²) in [6.45, 7) is 3.61. The Morgan fingerprint density at radius 2 is 1.82 bits per heavy atom. The third-order valence-electron chi connectivity index (χ3n) is 2.94. The molecule has 0 atom stereocenters. The zero-order valence-corrected chi connectivity index (χ0v) is 13.4. The Morgan fingerprint density at radius 1 is 1.14 bits per heavy atom. The van der Waals surface area contributed by atoms with E-state index in [-0.39, 0.29) is 10.9 Å². The van der Waals surface area contributed by atoms with Gasteiger partial charge in [0.2, 0.25) is 0 Å². The molecule has 0 bridgehead atoms. The standard InChI is InChI=1S/C13H12ClN5O2S/c1-8-7-9(2)19-12(15-8)16-13(17-19)22(20,21)18-11-5-3-10(14)4-6-11/h3-7,18H,1-2H3. The first-order chi connectivity index (χ1) is 10.3. The normalized spacial score (nSPS) is 11.8. The quantitative estimate of drug-likeness (QED) is 0.791. The van der Waals surface area contributed by atoms with Gasteiger partial charge in [-0.15, -0.1) is 5.10 Å². The number of benzene rings is 1. The number of sulfonamides is 1. The molecule has 0 radical (unpaired) electrons. The Hall–Kier alpha value is -2.19. The summed E-state index contributed by atoms with van der Waals surface area (Å²) in [5, 5.41) is 4.19. The van der Waals surface area contributed by atoms with Crippen LogP contribution < -0.4 is 4.72 Å². The first-order valence-corrected chi connectivity index (χ1v) is 8.21. The van der Waals surface area contributed by atoms with Crippen molar-refractivity contribution in [2.45, 2.75) is 19.0 Å². The number of hydrogen-bond acceptors (Lipinski definition) is 5. The van der Waals surface area contributed by atoms with Crippen molar-refractivity contribution in [2.24, 2.45) is 0 Å². The lowest BCUT2D eigenvalue weighted by Crippen LogP contribution is -2.14. The van der Waals surface area contributed by atoms with Crippen LogP contribution in [0, 0.1) is 13.8 Å². The molecular weight excluding hydrogens is 326 g/mol. The lowest BCUT2D eigenvalue weighted by molar-refractivity contribution is 0.592. The van der Waals surface area contributed by atoms with Gasteiger partial charge >= 0.3 is 0 Å². The van der Waals surface area contributed by atoms with Gasteiger partial charge in [-0.1, -0.05) is 11.6 Å². The number of aryl methyl sites for hydroxylation is 2. The molecule has 0 aliphatic carbocycles. The van der Waals surface area contributed by atoms with E-state index < -0.39 is 10.0 Å². The van der Waals surface area contributed by atoms with Crippen LogP contribution in [0.5, 0.6) is 0 Å². The van der Waals surface area contributed by atoms with Gasteiger partial charge in [-0.25, -0.2) is 9.50 Å². The second-order valence-electron chi connectivity index (χ2n) is 4.76. The molecule has 0 fully saturated rings. The number of nitrogens with zero attached hydrogens (tertiary/aromatic N) is 4. The number of fused-ring (bicyclic) bond motifs is 1. The van der Waals surface area contributed by atoms with Gasteiger partial charge < -0.3 is 0 Å². The molecule has 1 N–H and O–H groups in total. The minimum atomic E-state index is -3.89. The van der Waals surface area contributed by atoms with Crippen molar-refractivity contribution in [1.29, 1.82) is 0 Å². The molecule has 1 aromatic carbocycles. The minimum Gasteiger partial charge on any atom is -0.277 e. The van der Waals surface area contributed by atoms with E-state index in [0.29, 0.717) is 10.7 Å². The third-order valence-corrected chi connectivity index (χ3v) is 4.35. The number of rotatable bonds is 3. The molecular formula is C13H12ClN5O2S. The predicted octanol–water partition coefficient (Wildman–Crippen LogP) is 2.20. The summed E-state index contributed by atoms with van der Waals surface area (Å²) >= 11 is 5.77. The van der Waals surface area contributed by atoms with Crippen LogP contribution in [0.15, 0.2) is 35.5 Å². The van der Waals surface area contributed by atoms with Gasteiger partial charge in [-0.2, -0.15) is 13.4 Å². The highest BCUT2D eigenvalue weighted by Gasteiger charge is 2.21. The van der Waals surface area contributed by atoms with Crippen molar-refractivity contribution in [1.82, 2.24) is 19.6 Å². The van der Waals surface area contributed by atoms with E-state index in [9.17, 15) is 8.42 Å². The molecule has 0 unspecified atom stereocenters. The van der Waals surface area contributed by atoms with E-state index in [0.717, 1.165) is 11.4 Å².